The van der Waals surface area contributed by atoms with Crippen LogP contribution in [0, 0.1) is 33.6 Å². The number of hydrogen-bond donors (Lipinski definition) is 1. The van der Waals surface area contributed by atoms with E-state index in [0.717, 1.165) is 59.1 Å². The maximum Gasteiger partial charge on any atom is 0.305 e. The minimum absolute atomic E-state index is 0.0996. The zero-order chi connectivity index (χ0) is 26.9. The van der Waals surface area contributed by atoms with Gasteiger partial charge in [-0.05, 0) is 89.6 Å². The average molecular weight is 524 g/mol. The van der Waals surface area contributed by atoms with Crippen LogP contribution in [0.2, 0.25) is 5.02 Å². The molecule has 2 heterocycles. The minimum Gasteiger partial charge on any atom is -0.494 e. The van der Waals surface area contributed by atoms with Gasteiger partial charge in [-0.15, -0.1) is 0 Å². The van der Waals surface area contributed by atoms with Crippen LogP contribution in [0.15, 0.2) is 41.3 Å². The van der Waals surface area contributed by atoms with Crippen LogP contribution >= 0.6 is 11.6 Å². The molecule has 0 amide bonds. The number of aromatic nitrogens is 2. The second-order valence-corrected chi connectivity index (χ2v) is 10.5. The standard InChI is InChI=1S/C30H38ClN3O3/c1-7-34-22(6)28(20(4)32-34)26-11-8-10-25-24(21(5)33(30(25)26)14-13-27(35)36)12-9-15-37-23-16-18(2)29(31)19(3)17-23/h8,11,16-17,25H,7,9-10,12-15H2,1-6H3,(H,35,36). The number of aryl methyl sites for hydroxylation is 4. The fourth-order valence-electron chi connectivity index (χ4n) is 5.85. The lowest BCUT2D eigenvalue weighted by Gasteiger charge is -2.29. The van der Waals surface area contributed by atoms with Crippen LogP contribution in [-0.2, 0) is 11.3 Å². The number of rotatable bonds is 10. The molecule has 37 heavy (non-hydrogen) atoms. The number of aliphatic carboxylic acids is 1. The number of halogens is 1. The topological polar surface area (TPSA) is 67.6 Å². The molecule has 4 rings (SSSR count). The van der Waals surface area contributed by atoms with Crippen molar-refractivity contribution in [1.29, 1.82) is 0 Å². The van der Waals surface area contributed by atoms with E-state index in [2.05, 4.69) is 44.7 Å². The summed E-state index contributed by atoms with van der Waals surface area (Å²) in [5.74, 6) is 0.318. The lowest BCUT2D eigenvalue weighted by molar-refractivity contribution is -0.137. The highest BCUT2D eigenvalue weighted by Crippen LogP contribution is 2.48. The Balaban J connectivity index is 1.60. The van der Waals surface area contributed by atoms with Gasteiger partial charge in [-0.3, -0.25) is 9.48 Å². The molecule has 1 aromatic carbocycles. The Kier molecular flexibility index (Phi) is 8.17. The number of benzene rings is 1. The molecule has 2 aromatic rings. The Bertz CT molecular complexity index is 1280. The van der Waals surface area contributed by atoms with Crippen molar-refractivity contribution < 1.29 is 14.6 Å². The summed E-state index contributed by atoms with van der Waals surface area (Å²) >= 11 is 6.30. The van der Waals surface area contributed by atoms with Gasteiger partial charge in [-0.25, -0.2) is 0 Å². The molecule has 7 heteroatoms. The second kappa shape index (κ2) is 11.2. The van der Waals surface area contributed by atoms with E-state index in [1.807, 2.05) is 30.7 Å². The Hall–Kier alpha value is -2.99. The van der Waals surface area contributed by atoms with Crippen molar-refractivity contribution in [3.05, 3.63) is 74.4 Å². The molecular weight excluding hydrogens is 486 g/mol. The molecule has 0 saturated carbocycles. The Morgan fingerprint density at radius 3 is 2.51 bits per heavy atom. The Morgan fingerprint density at radius 1 is 1.19 bits per heavy atom. The maximum atomic E-state index is 11.5. The van der Waals surface area contributed by atoms with E-state index in [-0.39, 0.29) is 12.3 Å². The van der Waals surface area contributed by atoms with Crippen molar-refractivity contribution in [3.8, 4) is 5.75 Å². The smallest absolute Gasteiger partial charge is 0.305 e. The van der Waals surface area contributed by atoms with E-state index in [9.17, 15) is 9.90 Å². The van der Waals surface area contributed by atoms with Gasteiger partial charge in [-0.2, -0.15) is 5.10 Å². The normalized spacial score (nSPS) is 17.2. The summed E-state index contributed by atoms with van der Waals surface area (Å²) in [5, 5.41) is 15.0. The molecule has 6 nitrogen and oxygen atoms in total. The van der Waals surface area contributed by atoms with Gasteiger partial charge in [0.15, 0.2) is 0 Å². The van der Waals surface area contributed by atoms with Gasteiger partial charge in [-0.1, -0.05) is 23.8 Å². The number of fused-ring (bicyclic) bond motifs is 1. The summed E-state index contributed by atoms with van der Waals surface area (Å²) in [6.45, 7) is 14.3. The Morgan fingerprint density at radius 2 is 1.89 bits per heavy atom. The van der Waals surface area contributed by atoms with Gasteiger partial charge in [0.1, 0.15) is 5.75 Å². The molecule has 1 unspecified atom stereocenters. The number of allylic oxidation sites excluding steroid dienone is 5. The van der Waals surface area contributed by atoms with E-state index in [0.29, 0.717) is 13.2 Å². The van der Waals surface area contributed by atoms with E-state index >= 15 is 0 Å². The molecule has 198 valence electrons. The molecule has 1 atom stereocenters. The van der Waals surface area contributed by atoms with Crippen molar-refractivity contribution >= 4 is 23.1 Å². The van der Waals surface area contributed by atoms with Crippen molar-refractivity contribution in [2.24, 2.45) is 5.92 Å². The number of carboxylic acid groups (broad SMARTS) is 1. The van der Waals surface area contributed by atoms with E-state index in [1.54, 1.807) is 0 Å². The van der Waals surface area contributed by atoms with Crippen LogP contribution < -0.4 is 4.74 Å². The highest BCUT2D eigenvalue weighted by atomic mass is 35.5. The van der Waals surface area contributed by atoms with Crippen LogP contribution in [-0.4, -0.2) is 38.9 Å². The molecule has 0 bridgehead atoms. The van der Waals surface area contributed by atoms with Gasteiger partial charge in [0.05, 0.1) is 18.7 Å². The lowest BCUT2D eigenvalue weighted by atomic mass is 9.83. The number of ether oxygens (including phenoxy) is 1. The zero-order valence-electron chi connectivity index (χ0n) is 22.8. The van der Waals surface area contributed by atoms with Crippen LogP contribution in [0.4, 0.5) is 0 Å². The lowest BCUT2D eigenvalue weighted by Crippen LogP contribution is -2.24. The SMILES string of the molecule is CCn1nc(C)c(C2=C3C(CC=C2)C(CCCOc2cc(C)c(Cl)c(C)c2)=C(C)N3CCC(=O)O)c1C. The zero-order valence-corrected chi connectivity index (χ0v) is 23.6. The van der Waals surface area contributed by atoms with Gasteiger partial charge in [0, 0.05) is 52.3 Å². The van der Waals surface area contributed by atoms with Crippen LogP contribution in [0.1, 0.15) is 67.6 Å². The molecule has 0 spiro atoms. The predicted molar refractivity (Wildman–Crippen MR) is 149 cm³/mol. The minimum atomic E-state index is -0.778. The maximum absolute atomic E-state index is 11.5. The third kappa shape index (κ3) is 5.35. The molecular formula is C30H38ClN3O3. The predicted octanol–water partition coefficient (Wildman–Crippen LogP) is 7.00. The van der Waals surface area contributed by atoms with Gasteiger partial charge >= 0.3 is 5.97 Å². The highest BCUT2D eigenvalue weighted by Gasteiger charge is 2.37. The third-order valence-corrected chi connectivity index (χ3v) is 8.21. The molecule has 1 aliphatic heterocycles. The van der Waals surface area contributed by atoms with Crippen LogP contribution in [0.25, 0.3) is 5.57 Å². The van der Waals surface area contributed by atoms with Gasteiger partial charge in [0.25, 0.3) is 0 Å². The number of nitrogens with zero attached hydrogens (tertiary/aromatic N) is 3. The monoisotopic (exact) mass is 523 g/mol. The molecule has 1 aliphatic carbocycles. The first-order valence-electron chi connectivity index (χ1n) is 13.2. The molecule has 1 aromatic heterocycles. The third-order valence-electron chi connectivity index (χ3n) is 7.61. The number of carboxylic acids is 1. The van der Waals surface area contributed by atoms with Crippen molar-refractivity contribution in [2.45, 2.75) is 73.8 Å². The first-order valence-corrected chi connectivity index (χ1v) is 13.5. The van der Waals surface area contributed by atoms with Gasteiger partial charge in [0.2, 0.25) is 0 Å². The van der Waals surface area contributed by atoms with E-state index in [4.69, 9.17) is 21.4 Å². The summed E-state index contributed by atoms with van der Waals surface area (Å²) < 4.78 is 8.13. The molecule has 1 N–H and O–H groups in total. The van der Waals surface area contributed by atoms with Crippen LogP contribution in [0.5, 0.6) is 5.75 Å². The molecule has 2 aliphatic rings. The van der Waals surface area contributed by atoms with Crippen molar-refractivity contribution in [1.82, 2.24) is 14.7 Å². The van der Waals surface area contributed by atoms with E-state index < -0.39 is 5.97 Å². The fourth-order valence-corrected chi connectivity index (χ4v) is 5.96. The van der Waals surface area contributed by atoms with Gasteiger partial charge < -0.3 is 14.7 Å². The van der Waals surface area contributed by atoms with Crippen LogP contribution in [0.3, 0.4) is 0 Å². The summed E-state index contributed by atoms with van der Waals surface area (Å²) in [7, 11) is 0. The van der Waals surface area contributed by atoms with Crippen molar-refractivity contribution in [3.63, 3.8) is 0 Å². The molecule has 0 fully saturated rings. The fraction of sp³-hybridized carbons (Fsp3) is 0.467. The Labute approximate surface area is 225 Å². The summed E-state index contributed by atoms with van der Waals surface area (Å²) in [6, 6.07) is 3.98. The summed E-state index contributed by atoms with van der Waals surface area (Å²) in [4.78, 5) is 13.8. The first-order chi connectivity index (χ1) is 17.6. The average Bonchev–Trinajstić information content (AvgIpc) is 3.30. The number of hydrogen-bond acceptors (Lipinski definition) is 4. The largest absolute Gasteiger partial charge is 0.494 e. The van der Waals surface area contributed by atoms with E-state index in [1.165, 1.54) is 28.1 Å². The number of carbonyl (C=O) groups is 1. The quantitative estimate of drug-likeness (QED) is 0.339. The second-order valence-electron chi connectivity index (χ2n) is 10.1. The highest BCUT2D eigenvalue weighted by molar-refractivity contribution is 6.32. The summed E-state index contributed by atoms with van der Waals surface area (Å²) in [6.07, 6.45) is 7.28. The molecule has 0 radical (unpaired) electrons. The first kappa shape index (κ1) is 27.1. The van der Waals surface area contributed by atoms with Crippen molar-refractivity contribution in [2.75, 3.05) is 13.2 Å². The summed E-state index contributed by atoms with van der Waals surface area (Å²) in [5.41, 5.74) is 10.3. The molecule has 0 saturated heterocycles.